The molecule has 0 bridgehead atoms. The molecule has 156 valence electrons. The Kier molecular flexibility index (Phi) is 5.88. The highest BCUT2D eigenvalue weighted by atomic mass is 19.3. The van der Waals surface area contributed by atoms with Gasteiger partial charge in [-0.3, -0.25) is 9.97 Å². The van der Waals surface area contributed by atoms with E-state index in [1.807, 2.05) is 11.0 Å². The summed E-state index contributed by atoms with van der Waals surface area (Å²) >= 11 is 0. The Bertz CT molecular complexity index is 1140. The van der Waals surface area contributed by atoms with Crippen LogP contribution in [0.1, 0.15) is 23.2 Å². The van der Waals surface area contributed by atoms with E-state index >= 15 is 0 Å². The number of benzene rings is 1. The Labute approximate surface area is 177 Å². The summed E-state index contributed by atoms with van der Waals surface area (Å²) in [6.45, 7) is 4.49. The molecule has 5 nitrogen and oxygen atoms in total. The van der Waals surface area contributed by atoms with Gasteiger partial charge in [-0.2, -0.15) is 10.2 Å². The topological polar surface area (TPSA) is 53.7 Å². The van der Waals surface area contributed by atoms with E-state index in [-0.39, 0.29) is 17.9 Å². The van der Waals surface area contributed by atoms with E-state index in [4.69, 9.17) is 0 Å². The van der Waals surface area contributed by atoms with E-state index in [0.717, 1.165) is 5.56 Å². The highest BCUT2D eigenvalue weighted by Gasteiger charge is 2.22. The minimum absolute atomic E-state index is 0.00588. The molecule has 1 aliphatic heterocycles. The molecule has 0 aliphatic carbocycles. The molecule has 1 aromatic carbocycles. The van der Waals surface area contributed by atoms with Crippen molar-refractivity contribution < 1.29 is 13.2 Å². The third kappa shape index (κ3) is 4.69. The summed E-state index contributed by atoms with van der Waals surface area (Å²) in [6.07, 6.45) is 2.31. The molecule has 0 radical (unpaired) electrons. The van der Waals surface area contributed by atoms with Crippen LogP contribution in [0.2, 0.25) is 0 Å². The van der Waals surface area contributed by atoms with Crippen LogP contribution in [-0.4, -0.2) is 27.8 Å². The number of hydrogen-bond acceptors (Lipinski definition) is 5. The molecule has 0 N–H and O–H groups in total. The van der Waals surface area contributed by atoms with E-state index in [1.165, 1.54) is 12.1 Å². The van der Waals surface area contributed by atoms with Gasteiger partial charge in [-0.1, -0.05) is 12.6 Å². The second-order valence-electron chi connectivity index (χ2n) is 6.91. The number of pyridine rings is 2. The third-order valence-electron chi connectivity index (χ3n) is 4.82. The number of aromatic nitrogens is 2. The maximum absolute atomic E-state index is 13.9. The highest BCUT2D eigenvalue weighted by Crippen LogP contribution is 2.27. The van der Waals surface area contributed by atoms with Gasteiger partial charge in [-0.25, -0.2) is 13.2 Å². The molecule has 3 aromatic rings. The average molecular weight is 421 g/mol. The summed E-state index contributed by atoms with van der Waals surface area (Å²) in [5.41, 5.74) is 3.58. The van der Waals surface area contributed by atoms with Gasteiger partial charge in [0.15, 0.2) is 0 Å². The number of rotatable bonds is 7. The first kappa shape index (κ1) is 20.5. The van der Waals surface area contributed by atoms with Crippen molar-refractivity contribution in [2.45, 2.75) is 19.4 Å². The van der Waals surface area contributed by atoms with Gasteiger partial charge in [-0.05, 0) is 42.5 Å². The average Bonchev–Trinajstić information content (AvgIpc) is 3.29. The van der Waals surface area contributed by atoms with Crippen molar-refractivity contribution >= 4 is 22.8 Å². The van der Waals surface area contributed by atoms with Crippen LogP contribution in [0.15, 0.2) is 83.9 Å². The molecule has 31 heavy (non-hydrogen) atoms. The lowest BCUT2D eigenvalue weighted by Crippen LogP contribution is -2.21. The summed E-state index contributed by atoms with van der Waals surface area (Å²) in [6, 6.07) is 13.4. The van der Waals surface area contributed by atoms with Crippen molar-refractivity contribution in [1.29, 1.82) is 0 Å². The van der Waals surface area contributed by atoms with Crippen molar-refractivity contribution in [3.63, 3.8) is 0 Å². The SMILES string of the molecule is C=C(c1cccnc1)N(Cc1ccc(C2=NN=C(C(F)F)C2)cn1)c1cccc(F)c1. The van der Waals surface area contributed by atoms with Gasteiger partial charge in [0.1, 0.15) is 11.5 Å². The largest absolute Gasteiger partial charge is 0.335 e. The molecule has 2 aromatic heterocycles. The van der Waals surface area contributed by atoms with Crippen molar-refractivity contribution in [2.24, 2.45) is 10.2 Å². The summed E-state index contributed by atoms with van der Waals surface area (Å²) in [5, 5.41) is 7.37. The standard InChI is InChI=1S/C23H18F3N5/c1-15(16-4-3-9-27-12-16)31(20-6-2-5-18(24)10-20)14-19-8-7-17(13-28-19)21-11-22(23(25)26)30-29-21/h2-10,12-13,23H,1,11,14H2. The number of alkyl halides is 2. The fourth-order valence-corrected chi connectivity index (χ4v) is 3.17. The van der Waals surface area contributed by atoms with Crippen molar-refractivity contribution in [1.82, 2.24) is 9.97 Å². The zero-order chi connectivity index (χ0) is 21.8. The van der Waals surface area contributed by atoms with Crippen LogP contribution in [0.3, 0.4) is 0 Å². The Morgan fingerprint density at radius 3 is 2.58 bits per heavy atom. The van der Waals surface area contributed by atoms with E-state index in [2.05, 4.69) is 26.7 Å². The summed E-state index contributed by atoms with van der Waals surface area (Å²) in [4.78, 5) is 10.4. The molecule has 3 heterocycles. The maximum Gasteiger partial charge on any atom is 0.278 e. The Morgan fingerprint density at radius 1 is 1.06 bits per heavy atom. The molecule has 0 unspecified atom stereocenters. The van der Waals surface area contributed by atoms with E-state index in [0.29, 0.717) is 34.9 Å². The number of halogens is 3. The van der Waals surface area contributed by atoms with Crippen LogP contribution in [0.25, 0.3) is 5.70 Å². The summed E-state index contributed by atoms with van der Waals surface area (Å²) in [5.74, 6) is -0.362. The van der Waals surface area contributed by atoms with Gasteiger partial charge in [0, 0.05) is 47.5 Å². The van der Waals surface area contributed by atoms with E-state index in [1.54, 1.807) is 48.9 Å². The third-order valence-corrected chi connectivity index (χ3v) is 4.82. The molecule has 4 rings (SSSR count). The molecule has 0 saturated heterocycles. The van der Waals surface area contributed by atoms with Gasteiger partial charge in [0.25, 0.3) is 6.43 Å². The molecule has 0 atom stereocenters. The van der Waals surface area contributed by atoms with Gasteiger partial charge in [-0.15, -0.1) is 0 Å². The molecule has 8 heteroatoms. The lowest BCUT2D eigenvalue weighted by molar-refractivity contribution is 0.224. The first-order chi connectivity index (χ1) is 15.0. The second-order valence-corrected chi connectivity index (χ2v) is 6.91. The monoisotopic (exact) mass is 421 g/mol. The Morgan fingerprint density at radius 2 is 1.94 bits per heavy atom. The smallest absolute Gasteiger partial charge is 0.278 e. The van der Waals surface area contributed by atoms with Crippen LogP contribution in [0.4, 0.5) is 18.9 Å². The molecule has 0 spiro atoms. The lowest BCUT2D eigenvalue weighted by Gasteiger charge is -2.27. The summed E-state index contributed by atoms with van der Waals surface area (Å²) in [7, 11) is 0. The highest BCUT2D eigenvalue weighted by molar-refractivity contribution is 6.15. The zero-order valence-electron chi connectivity index (χ0n) is 16.4. The van der Waals surface area contributed by atoms with E-state index in [9.17, 15) is 13.2 Å². The van der Waals surface area contributed by atoms with Crippen LogP contribution in [0, 0.1) is 5.82 Å². The fourth-order valence-electron chi connectivity index (χ4n) is 3.17. The Balaban J connectivity index is 1.57. The van der Waals surface area contributed by atoms with Crippen molar-refractivity contribution in [3.05, 3.63) is 96.3 Å². The van der Waals surface area contributed by atoms with Gasteiger partial charge in [0.2, 0.25) is 0 Å². The predicted molar refractivity (Wildman–Crippen MR) is 115 cm³/mol. The Hall–Kier alpha value is -3.81. The molecule has 0 amide bonds. The second kappa shape index (κ2) is 8.91. The normalized spacial score (nSPS) is 13.2. The number of hydrogen-bond donors (Lipinski definition) is 0. The van der Waals surface area contributed by atoms with Crippen LogP contribution < -0.4 is 4.90 Å². The molecule has 0 fully saturated rings. The summed E-state index contributed by atoms with van der Waals surface area (Å²) < 4.78 is 39.4. The number of anilines is 1. The van der Waals surface area contributed by atoms with Crippen LogP contribution in [0.5, 0.6) is 0 Å². The minimum atomic E-state index is -2.62. The first-order valence-corrected chi connectivity index (χ1v) is 9.50. The molecule has 1 aliphatic rings. The van der Waals surface area contributed by atoms with Gasteiger partial charge < -0.3 is 4.90 Å². The zero-order valence-corrected chi connectivity index (χ0v) is 16.4. The predicted octanol–water partition coefficient (Wildman–Crippen LogP) is 5.11. The first-order valence-electron chi connectivity index (χ1n) is 9.50. The van der Waals surface area contributed by atoms with Gasteiger partial charge in [0.05, 0.1) is 18.0 Å². The number of nitrogens with zero attached hydrogens (tertiary/aromatic N) is 5. The van der Waals surface area contributed by atoms with Crippen molar-refractivity contribution in [3.8, 4) is 0 Å². The van der Waals surface area contributed by atoms with Crippen LogP contribution >= 0.6 is 0 Å². The van der Waals surface area contributed by atoms with Gasteiger partial charge >= 0.3 is 0 Å². The molecular weight excluding hydrogens is 403 g/mol. The maximum atomic E-state index is 13.9. The van der Waals surface area contributed by atoms with Crippen LogP contribution in [-0.2, 0) is 6.54 Å². The van der Waals surface area contributed by atoms with E-state index < -0.39 is 6.43 Å². The fraction of sp³-hybridized carbons (Fsp3) is 0.130. The quantitative estimate of drug-likeness (QED) is 0.533. The van der Waals surface area contributed by atoms with Crippen molar-refractivity contribution in [2.75, 3.05) is 4.90 Å². The molecule has 0 saturated carbocycles. The molecular formula is C23H18F3N5. The minimum Gasteiger partial charge on any atom is -0.335 e. The lowest BCUT2D eigenvalue weighted by atomic mass is 10.1.